The maximum Gasteiger partial charge on any atom is 0.337 e. The van der Waals surface area contributed by atoms with Crippen LogP contribution >= 0.6 is 0 Å². The van der Waals surface area contributed by atoms with Gasteiger partial charge in [-0.2, -0.15) is 8.42 Å². The Hall–Kier alpha value is -2.22. The molecule has 0 spiro atoms. The smallest absolute Gasteiger partial charge is 0.337 e. The van der Waals surface area contributed by atoms with Crippen molar-refractivity contribution in [2.24, 2.45) is 0 Å². The molecule has 0 saturated heterocycles. The molecule has 7 heteroatoms. The molecule has 0 aliphatic heterocycles. The minimum Gasteiger partial charge on any atom is -0.465 e. The Balaban J connectivity index is 2.23. The second-order valence-electron chi connectivity index (χ2n) is 5.82. The van der Waals surface area contributed by atoms with Crippen molar-refractivity contribution in [2.75, 3.05) is 20.3 Å². The molecule has 0 unspecified atom stereocenters. The van der Waals surface area contributed by atoms with Crippen LogP contribution in [0.3, 0.4) is 0 Å². The Kier molecular flexibility index (Phi) is 5.94. The van der Waals surface area contributed by atoms with Gasteiger partial charge >= 0.3 is 5.97 Å². The highest BCUT2D eigenvalue weighted by Gasteiger charge is 2.29. The zero-order chi connectivity index (χ0) is 18.5. The zero-order valence-corrected chi connectivity index (χ0v) is 14.8. The van der Waals surface area contributed by atoms with E-state index >= 15 is 0 Å². The van der Waals surface area contributed by atoms with Crippen LogP contribution < -0.4 is 0 Å². The first-order valence-electron chi connectivity index (χ1n) is 7.56. The molecular formula is C18H20O6S. The predicted molar refractivity (Wildman–Crippen MR) is 91.8 cm³/mol. The summed E-state index contributed by atoms with van der Waals surface area (Å²) in [5.74, 6) is -0.637. The van der Waals surface area contributed by atoms with Gasteiger partial charge in [-0.05, 0) is 23.8 Å². The molecule has 0 aliphatic carbocycles. The Morgan fingerprint density at radius 1 is 1.12 bits per heavy atom. The number of carbonyl (C=O) groups is 1. The van der Waals surface area contributed by atoms with Gasteiger partial charge in [0.15, 0.2) is 0 Å². The number of benzene rings is 2. The Labute approximate surface area is 147 Å². The summed E-state index contributed by atoms with van der Waals surface area (Å²) in [5.41, 5.74) is -0.00922. The van der Waals surface area contributed by atoms with Crippen molar-refractivity contribution in [3.05, 3.63) is 65.7 Å². The molecule has 0 saturated carbocycles. The Morgan fingerprint density at radius 3 is 2.40 bits per heavy atom. The largest absolute Gasteiger partial charge is 0.465 e. The quantitative estimate of drug-likeness (QED) is 0.598. The van der Waals surface area contributed by atoms with Crippen LogP contribution in [0.25, 0.3) is 0 Å². The monoisotopic (exact) mass is 364 g/mol. The number of aliphatic hydroxyl groups is 1. The lowest BCUT2D eigenvalue weighted by Gasteiger charge is -2.27. The van der Waals surface area contributed by atoms with Crippen molar-refractivity contribution < 1.29 is 27.2 Å². The molecule has 0 amide bonds. The number of aliphatic hydroxyl groups excluding tert-OH is 1. The predicted octanol–water partition coefficient (Wildman–Crippen LogP) is 2.13. The molecule has 2 rings (SSSR count). The number of hydrogen-bond acceptors (Lipinski definition) is 6. The van der Waals surface area contributed by atoms with Crippen LogP contribution in [-0.2, 0) is 24.5 Å². The van der Waals surface area contributed by atoms with Gasteiger partial charge in [-0.25, -0.2) is 4.79 Å². The number of rotatable bonds is 7. The fraction of sp³-hybridized carbons (Fsp3) is 0.278. The van der Waals surface area contributed by atoms with Gasteiger partial charge in [0.05, 0.1) is 30.8 Å². The summed E-state index contributed by atoms with van der Waals surface area (Å²) < 4.78 is 34.6. The van der Waals surface area contributed by atoms with Crippen LogP contribution in [0.4, 0.5) is 0 Å². The van der Waals surface area contributed by atoms with Gasteiger partial charge in [-0.3, -0.25) is 4.18 Å². The summed E-state index contributed by atoms with van der Waals surface area (Å²) in [6.07, 6.45) is 0. The van der Waals surface area contributed by atoms with E-state index < -0.39 is 21.5 Å². The van der Waals surface area contributed by atoms with E-state index in [1.54, 1.807) is 31.2 Å². The fourth-order valence-electron chi connectivity index (χ4n) is 2.23. The van der Waals surface area contributed by atoms with Crippen molar-refractivity contribution in [2.45, 2.75) is 17.2 Å². The summed E-state index contributed by atoms with van der Waals surface area (Å²) in [4.78, 5) is 11.4. The Bertz CT molecular complexity index is 832. The van der Waals surface area contributed by atoms with Crippen LogP contribution in [0.1, 0.15) is 22.8 Å². The molecule has 0 radical (unpaired) electrons. The zero-order valence-electron chi connectivity index (χ0n) is 14.0. The van der Waals surface area contributed by atoms with Gasteiger partial charge in [-0.1, -0.05) is 43.3 Å². The number of ether oxygens (including phenoxy) is 1. The molecule has 0 fully saturated rings. The maximum absolute atomic E-state index is 12.4. The lowest BCUT2D eigenvalue weighted by Crippen LogP contribution is -2.33. The molecule has 2 aromatic rings. The first-order valence-corrected chi connectivity index (χ1v) is 8.97. The molecule has 1 atom stereocenters. The van der Waals surface area contributed by atoms with Crippen LogP contribution in [0.2, 0.25) is 0 Å². The van der Waals surface area contributed by atoms with Gasteiger partial charge < -0.3 is 9.84 Å². The van der Waals surface area contributed by atoms with E-state index in [2.05, 4.69) is 4.74 Å². The number of methoxy groups -OCH3 is 1. The normalized spacial score (nSPS) is 13.9. The van der Waals surface area contributed by atoms with Crippen molar-refractivity contribution >= 4 is 16.1 Å². The molecule has 0 aliphatic rings. The standard InChI is InChI=1S/C18H20O6S/c1-18(12-19,15-8-4-3-5-9-15)13-24-25(21,22)16-10-6-7-14(11-16)17(20)23-2/h3-11,19H,12-13H2,1-2H3/t18-/m1/s1. The third-order valence-electron chi connectivity index (χ3n) is 3.90. The summed E-state index contributed by atoms with van der Waals surface area (Å²) in [7, 11) is -2.88. The summed E-state index contributed by atoms with van der Waals surface area (Å²) >= 11 is 0. The van der Waals surface area contributed by atoms with Crippen molar-refractivity contribution in [1.82, 2.24) is 0 Å². The maximum atomic E-state index is 12.4. The average molecular weight is 364 g/mol. The number of esters is 1. The third kappa shape index (κ3) is 4.45. The van der Waals surface area contributed by atoms with E-state index in [-0.39, 0.29) is 23.7 Å². The highest BCUT2D eigenvalue weighted by molar-refractivity contribution is 7.86. The second kappa shape index (κ2) is 7.77. The van der Waals surface area contributed by atoms with E-state index in [0.717, 1.165) is 5.56 Å². The third-order valence-corrected chi connectivity index (χ3v) is 5.16. The van der Waals surface area contributed by atoms with Crippen LogP contribution in [0.15, 0.2) is 59.5 Å². The lowest BCUT2D eigenvalue weighted by molar-refractivity contribution is 0.0600. The van der Waals surface area contributed by atoms with Crippen molar-refractivity contribution in [3.63, 3.8) is 0 Å². The molecule has 6 nitrogen and oxygen atoms in total. The summed E-state index contributed by atoms with van der Waals surface area (Å²) in [5, 5.41) is 9.72. The van der Waals surface area contributed by atoms with E-state index in [1.165, 1.54) is 31.4 Å². The number of hydrogen-bond donors (Lipinski definition) is 1. The molecule has 0 bridgehead atoms. The topological polar surface area (TPSA) is 89.9 Å². The SMILES string of the molecule is COC(=O)c1cccc(S(=O)(=O)OC[C@@](C)(CO)c2ccccc2)c1. The van der Waals surface area contributed by atoms with Gasteiger partial charge in [0.2, 0.25) is 0 Å². The highest BCUT2D eigenvalue weighted by atomic mass is 32.2. The summed E-state index contributed by atoms with van der Waals surface area (Å²) in [6, 6.07) is 14.4. The van der Waals surface area contributed by atoms with Crippen molar-refractivity contribution in [1.29, 1.82) is 0 Å². The molecule has 2 aromatic carbocycles. The number of carbonyl (C=O) groups excluding carboxylic acids is 1. The van der Waals surface area contributed by atoms with E-state index in [1.807, 2.05) is 6.07 Å². The van der Waals surface area contributed by atoms with Gasteiger partial charge in [0, 0.05) is 5.41 Å². The highest BCUT2D eigenvalue weighted by Crippen LogP contribution is 2.25. The first-order chi connectivity index (χ1) is 11.8. The van der Waals surface area contributed by atoms with Crippen LogP contribution in [-0.4, -0.2) is 39.8 Å². The van der Waals surface area contributed by atoms with Crippen LogP contribution in [0.5, 0.6) is 0 Å². The van der Waals surface area contributed by atoms with Gasteiger partial charge in [0.25, 0.3) is 10.1 Å². The van der Waals surface area contributed by atoms with Gasteiger partial charge in [-0.15, -0.1) is 0 Å². The van der Waals surface area contributed by atoms with E-state index in [0.29, 0.717) is 0 Å². The van der Waals surface area contributed by atoms with Crippen LogP contribution in [0, 0.1) is 0 Å². The van der Waals surface area contributed by atoms with E-state index in [9.17, 15) is 18.3 Å². The second-order valence-corrected chi connectivity index (χ2v) is 7.44. The molecule has 1 N–H and O–H groups in total. The Morgan fingerprint density at radius 2 is 1.80 bits per heavy atom. The van der Waals surface area contributed by atoms with Crippen molar-refractivity contribution in [3.8, 4) is 0 Å². The fourth-order valence-corrected chi connectivity index (χ4v) is 3.30. The molecular weight excluding hydrogens is 344 g/mol. The molecule has 134 valence electrons. The summed E-state index contributed by atoms with van der Waals surface area (Å²) in [6.45, 7) is 1.19. The molecule has 0 heterocycles. The molecule has 0 aromatic heterocycles. The van der Waals surface area contributed by atoms with Gasteiger partial charge in [0.1, 0.15) is 0 Å². The minimum atomic E-state index is -4.09. The minimum absolute atomic E-state index is 0.111. The average Bonchev–Trinajstić information content (AvgIpc) is 2.66. The molecule has 25 heavy (non-hydrogen) atoms. The van der Waals surface area contributed by atoms with E-state index in [4.69, 9.17) is 4.18 Å². The first kappa shape index (κ1) is 19.1. The lowest BCUT2D eigenvalue weighted by atomic mass is 9.84.